The number of aryl methyl sites for hydroxylation is 1. The third-order valence-corrected chi connectivity index (χ3v) is 3.78. The molecule has 2 aromatic rings. The summed E-state index contributed by atoms with van der Waals surface area (Å²) >= 11 is 1.64. The average molecular weight is 395 g/mol. The maximum atomic E-state index is 9.00. The fraction of sp³-hybridized carbons (Fsp3) is 0.353. The number of pyridine rings is 1. The highest BCUT2D eigenvalue weighted by atomic mass is 32.2. The number of carbonyl (C=O) groups is 2. The third-order valence-electron chi connectivity index (χ3n) is 2.76. The lowest BCUT2D eigenvalue weighted by Crippen LogP contribution is -2.08. The van der Waals surface area contributed by atoms with Crippen LogP contribution in [0.1, 0.15) is 30.9 Å². The van der Waals surface area contributed by atoms with Gasteiger partial charge in [-0.25, -0.2) is 0 Å². The van der Waals surface area contributed by atoms with E-state index < -0.39 is 11.9 Å². The summed E-state index contributed by atoms with van der Waals surface area (Å²) in [7, 11) is 0. The Morgan fingerprint density at radius 1 is 1.30 bits per heavy atom. The molecule has 0 aliphatic carbocycles. The summed E-state index contributed by atoms with van der Waals surface area (Å²) in [5.41, 5.74) is 7.90. The Labute approximate surface area is 162 Å². The summed E-state index contributed by atoms with van der Waals surface area (Å²) in [5, 5.41) is 24.0. The normalized spacial score (nSPS) is 9.33. The van der Waals surface area contributed by atoms with Crippen molar-refractivity contribution in [1.82, 2.24) is 19.7 Å². The van der Waals surface area contributed by atoms with Crippen LogP contribution < -0.4 is 5.73 Å². The molecule has 0 unspecified atom stereocenters. The molecule has 10 heteroatoms. The molecule has 0 bridgehead atoms. The molecule has 2 heterocycles. The zero-order chi connectivity index (χ0) is 20.8. The number of rotatable bonds is 6. The van der Waals surface area contributed by atoms with Crippen molar-refractivity contribution in [3.05, 3.63) is 48.1 Å². The molecule has 0 aliphatic heterocycles. The van der Waals surface area contributed by atoms with E-state index in [1.807, 2.05) is 23.6 Å². The van der Waals surface area contributed by atoms with Crippen LogP contribution in [0.2, 0.25) is 0 Å². The number of nitrogens with zero attached hydrogens (tertiary/aromatic N) is 4. The molecule has 0 spiro atoms. The molecule has 2 aromatic heterocycles. The monoisotopic (exact) mass is 395 g/mol. The van der Waals surface area contributed by atoms with Gasteiger partial charge in [-0.15, -0.1) is 16.8 Å². The molecule has 0 aliphatic rings. The molecule has 0 radical (unpaired) electrons. The first-order chi connectivity index (χ1) is 12.7. The number of allylic oxidation sites excluding steroid dienone is 1. The van der Waals surface area contributed by atoms with E-state index >= 15 is 0 Å². The Hall–Kier alpha value is -2.72. The maximum Gasteiger partial charge on any atom is 0.300 e. The van der Waals surface area contributed by atoms with E-state index in [9.17, 15) is 0 Å². The fourth-order valence-electron chi connectivity index (χ4n) is 1.70. The Kier molecular flexibility index (Phi) is 12.1. The first kappa shape index (κ1) is 24.3. The highest BCUT2D eigenvalue weighted by molar-refractivity contribution is 7.98. The van der Waals surface area contributed by atoms with Crippen molar-refractivity contribution in [2.45, 2.75) is 44.8 Å². The van der Waals surface area contributed by atoms with Gasteiger partial charge in [-0.1, -0.05) is 23.9 Å². The van der Waals surface area contributed by atoms with E-state index in [-0.39, 0.29) is 0 Å². The smallest absolute Gasteiger partial charge is 0.300 e. The largest absolute Gasteiger partial charge is 0.481 e. The van der Waals surface area contributed by atoms with Crippen LogP contribution in [0, 0.1) is 6.92 Å². The second kappa shape index (κ2) is 13.5. The van der Waals surface area contributed by atoms with Gasteiger partial charge in [0, 0.05) is 38.0 Å². The van der Waals surface area contributed by atoms with Gasteiger partial charge < -0.3 is 20.5 Å². The number of carboxylic acids is 2. The second-order valence-electron chi connectivity index (χ2n) is 5.08. The molecule has 0 fully saturated rings. The lowest BCUT2D eigenvalue weighted by Gasteiger charge is -2.07. The maximum absolute atomic E-state index is 9.00. The van der Waals surface area contributed by atoms with Crippen molar-refractivity contribution >= 4 is 23.7 Å². The first-order valence-electron chi connectivity index (χ1n) is 7.88. The highest BCUT2D eigenvalue weighted by Crippen LogP contribution is 2.22. The lowest BCUT2D eigenvalue weighted by molar-refractivity contribution is -0.135. The molecule has 0 amide bonds. The standard InChI is InChI=1S/C13H17N5S.2C2H4O2/c1-3-7-18-12(8-14)16-17-13(18)19-9-11-5-4-6-15-10(11)2;2*1-2(3)4/h3-6H,1,7-9,14H2,2H3;2*1H3,(H,3,4). The van der Waals surface area contributed by atoms with E-state index in [1.165, 1.54) is 5.56 Å². The van der Waals surface area contributed by atoms with E-state index in [0.717, 1.165) is 36.3 Å². The Morgan fingerprint density at radius 3 is 2.37 bits per heavy atom. The number of carboxylic acid groups (broad SMARTS) is 2. The molecule has 2 rings (SSSR count). The Bertz CT molecular complexity index is 729. The van der Waals surface area contributed by atoms with Crippen LogP contribution in [-0.4, -0.2) is 41.9 Å². The van der Waals surface area contributed by atoms with Gasteiger partial charge in [0.1, 0.15) is 5.82 Å². The molecule has 148 valence electrons. The van der Waals surface area contributed by atoms with Crippen molar-refractivity contribution in [2.24, 2.45) is 5.73 Å². The molecular weight excluding hydrogens is 370 g/mol. The first-order valence-corrected chi connectivity index (χ1v) is 8.86. The number of aromatic nitrogens is 4. The summed E-state index contributed by atoms with van der Waals surface area (Å²) in [6.45, 7) is 8.98. The lowest BCUT2D eigenvalue weighted by atomic mass is 10.2. The Balaban J connectivity index is 0.000000718. The minimum Gasteiger partial charge on any atom is -0.481 e. The van der Waals surface area contributed by atoms with Crippen LogP contribution in [0.25, 0.3) is 0 Å². The fourth-order valence-corrected chi connectivity index (χ4v) is 2.73. The number of aliphatic carboxylic acids is 2. The summed E-state index contributed by atoms with van der Waals surface area (Å²) in [5.74, 6) is -0.0650. The van der Waals surface area contributed by atoms with Gasteiger partial charge in [-0.3, -0.25) is 14.6 Å². The zero-order valence-electron chi connectivity index (χ0n) is 15.6. The van der Waals surface area contributed by atoms with Gasteiger partial charge in [0.15, 0.2) is 5.16 Å². The SMILES string of the molecule is C=CCn1c(CN)nnc1SCc1cccnc1C.CC(=O)O.CC(=O)O. The third kappa shape index (κ3) is 10.8. The van der Waals surface area contributed by atoms with Crippen LogP contribution in [0.15, 0.2) is 36.1 Å². The van der Waals surface area contributed by atoms with Gasteiger partial charge >= 0.3 is 0 Å². The highest BCUT2D eigenvalue weighted by Gasteiger charge is 2.11. The van der Waals surface area contributed by atoms with Crippen LogP contribution in [0.4, 0.5) is 0 Å². The minimum atomic E-state index is -0.833. The molecular formula is C17H25N5O4S. The molecule has 4 N–H and O–H groups in total. The molecule has 0 saturated heterocycles. The van der Waals surface area contributed by atoms with E-state index in [4.69, 9.17) is 25.5 Å². The van der Waals surface area contributed by atoms with E-state index in [0.29, 0.717) is 13.1 Å². The quantitative estimate of drug-likeness (QED) is 0.494. The van der Waals surface area contributed by atoms with E-state index in [2.05, 4.69) is 27.8 Å². The van der Waals surface area contributed by atoms with Gasteiger partial charge in [0.05, 0.1) is 6.54 Å². The zero-order valence-corrected chi connectivity index (χ0v) is 16.4. The average Bonchev–Trinajstić information content (AvgIpc) is 2.95. The number of hydrogen-bond acceptors (Lipinski definition) is 7. The summed E-state index contributed by atoms with van der Waals surface area (Å²) in [6, 6.07) is 4.02. The molecule has 0 saturated carbocycles. The summed E-state index contributed by atoms with van der Waals surface area (Å²) in [4.78, 5) is 22.3. The van der Waals surface area contributed by atoms with Gasteiger partial charge in [-0.2, -0.15) is 0 Å². The van der Waals surface area contributed by atoms with Crippen molar-refractivity contribution < 1.29 is 19.8 Å². The number of hydrogen-bond donors (Lipinski definition) is 3. The molecule has 0 atom stereocenters. The summed E-state index contributed by atoms with van der Waals surface area (Å²) < 4.78 is 1.99. The van der Waals surface area contributed by atoms with Crippen molar-refractivity contribution in [1.29, 1.82) is 0 Å². The number of nitrogens with two attached hydrogens (primary N) is 1. The molecule has 27 heavy (non-hydrogen) atoms. The van der Waals surface area contributed by atoms with E-state index in [1.54, 1.807) is 18.0 Å². The van der Waals surface area contributed by atoms with Crippen molar-refractivity contribution in [3.63, 3.8) is 0 Å². The van der Waals surface area contributed by atoms with Crippen molar-refractivity contribution in [3.8, 4) is 0 Å². The predicted octanol–water partition coefficient (Wildman–Crippen LogP) is 2.10. The van der Waals surface area contributed by atoms with Crippen LogP contribution in [0.3, 0.4) is 0 Å². The van der Waals surface area contributed by atoms with Gasteiger partial charge in [-0.05, 0) is 18.6 Å². The molecule has 9 nitrogen and oxygen atoms in total. The Morgan fingerprint density at radius 2 is 1.89 bits per heavy atom. The summed E-state index contributed by atoms with van der Waals surface area (Å²) in [6.07, 6.45) is 3.62. The van der Waals surface area contributed by atoms with Crippen LogP contribution in [0.5, 0.6) is 0 Å². The number of thioether (sulfide) groups is 1. The van der Waals surface area contributed by atoms with Gasteiger partial charge in [0.2, 0.25) is 0 Å². The van der Waals surface area contributed by atoms with Crippen LogP contribution in [-0.2, 0) is 28.4 Å². The van der Waals surface area contributed by atoms with Crippen molar-refractivity contribution in [2.75, 3.05) is 0 Å². The minimum absolute atomic E-state index is 0.382. The second-order valence-corrected chi connectivity index (χ2v) is 6.02. The molecule has 0 aromatic carbocycles. The topological polar surface area (TPSA) is 144 Å². The predicted molar refractivity (Wildman–Crippen MR) is 103 cm³/mol. The van der Waals surface area contributed by atoms with Gasteiger partial charge in [0.25, 0.3) is 11.9 Å². The van der Waals surface area contributed by atoms with Crippen LogP contribution >= 0.6 is 11.8 Å².